The quantitative estimate of drug-likeness (QED) is 0.900. The Morgan fingerprint density at radius 1 is 1.48 bits per heavy atom. The molecule has 1 aromatic heterocycles. The number of nitriles is 1. The van der Waals surface area contributed by atoms with Crippen LogP contribution in [0.4, 0.5) is 11.5 Å². The van der Waals surface area contributed by atoms with E-state index in [4.69, 9.17) is 11.0 Å². The Balaban J connectivity index is 2.17. The predicted molar refractivity (Wildman–Crippen MR) is 84.3 cm³/mol. The van der Waals surface area contributed by atoms with Gasteiger partial charge in [-0.3, -0.25) is 4.79 Å². The Bertz CT molecular complexity index is 686. The summed E-state index contributed by atoms with van der Waals surface area (Å²) in [6.45, 7) is 1.85. The number of nitrogen functional groups attached to an aromatic ring is 1. The fourth-order valence-electron chi connectivity index (χ4n) is 1.69. The lowest BCUT2D eigenvalue weighted by molar-refractivity contribution is -0.115. The molecule has 2 rings (SSSR count). The number of amides is 1. The molecule has 6 nitrogen and oxygen atoms in total. The Morgan fingerprint density at radius 2 is 2.14 bits per heavy atom. The summed E-state index contributed by atoms with van der Waals surface area (Å²) >= 11 is 1.49. The number of thioether (sulfide) groups is 1. The Kier molecular flexibility index (Phi) is 4.50. The molecule has 1 atom stereocenters. The SMILES string of the molecule is CSC(C)C(=O)Nc1ccc(-n2ncc(C#N)c2N)cc1. The van der Waals surface area contributed by atoms with Crippen LogP contribution in [-0.2, 0) is 4.79 Å². The lowest BCUT2D eigenvalue weighted by Gasteiger charge is -2.10. The summed E-state index contributed by atoms with van der Waals surface area (Å²) in [5, 5.41) is 15.7. The van der Waals surface area contributed by atoms with Gasteiger partial charge in [0.2, 0.25) is 5.91 Å². The number of carbonyl (C=O) groups is 1. The molecule has 1 unspecified atom stereocenters. The van der Waals surface area contributed by atoms with Crippen LogP contribution < -0.4 is 11.1 Å². The van der Waals surface area contributed by atoms with Crippen LogP contribution in [0.2, 0.25) is 0 Å². The first kappa shape index (κ1) is 14.9. The van der Waals surface area contributed by atoms with Gasteiger partial charge < -0.3 is 11.1 Å². The number of benzene rings is 1. The molecule has 0 aliphatic heterocycles. The number of nitrogens with one attached hydrogen (secondary N) is 1. The highest BCUT2D eigenvalue weighted by Crippen LogP contribution is 2.19. The van der Waals surface area contributed by atoms with E-state index in [0.717, 1.165) is 5.69 Å². The van der Waals surface area contributed by atoms with Crippen molar-refractivity contribution in [1.82, 2.24) is 9.78 Å². The first-order chi connectivity index (χ1) is 10.1. The lowest BCUT2D eigenvalue weighted by atomic mass is 10.2. The second kappa shape index (κ2) is 6.33. The molecule has 0 fully saturated rings. The smallest absolute Gasteiger partial charge is 0.237 e. The highest BCUT2D eigenvalue weighted by molar-refractivity contribution is 7.99. The zero-order chi connectivity index (χ0) is 15.4. The second-order valence-corrected chi connectivity index (χ2v) is 5.56. The molecule has 1 heterocycles. The van der Waals surface area contributed by atoms with Crippen molar-refractivity contribution < 1.29 is 4.79 Å². The molecule has 2 aromatic rings. The van der Waals surface area contributed by atoms with Gasteiger partial charge in [0.15, 0.2) is 0 Å². The second-order valence-electron chi connectivity index (χ2n) is 4.38. The van der Waals surface area contributed by atoms with Crippen molar-refractivity contribution in [3.05, 3.63) is 36.0 Å². The third-order valence-electron chi connectivity index (χ3n) is 3.03. The molecule has 0 aliphatic rings. The molecule has 0 radical (unpaired) electrons. The van der Waals surface area contributed by atoms with Gasteiger partial charge in [-0.2, -0.15) is 22.1 Å². The average molecular weight is 301 g/mol. The van der Waals surface area contributed by atoms with Gasteiger partial charge in [0.1, 0.15) is 17.5 Å². The molecule has 0 saturated heterocycles. The molecule has 21 heavy (non-hydrogen) atoms. The van der Waals surface area contributed by atoms with Crippen LogP contribution in [0.5, 0.6) is 0 Å². The van der Waals surface area contributed by atoms with Crippen LogP contribution >= 0.6 is 11.8 Å². The number of nitrogens with two attached hydrogens (primary N) is 1. The summed E-state index contributed by atoms with van der Waals surface area (Å²) in [4.78, 5) is 11.8. The number of rotatable bonds is 4. The van der Waals surface area contributed by atoms with Crippen molar-refractivity contribution in [2.75, 3.05) is 17.3 Å². The fourth-order valence-corrected chi connectivity index (χ4v) is 1.96. The van der Waals surface area contributed by atoms with Gasteiger partial charge in [-0.25, -0.2) is 4.68 Å². The van der Waals surface area contributed by atoms with Crippen molar-refractivity contribution in [2.45, 2.75) is 12.2 Å². The van der Waals surface area contributed by atoms with Gasteiger partial charge in [-0.1, -0.05) is 0 Å². The number of nitrogens with zero attached hydrogens (tertiary/aromatic N) is 3. The molecule has 0 bridgehead atoms. The van der Waals surface area contributed by atoms with Crippen molar-refractivity contribution in [1.29, 1.82) is 5.26 Å². The van der Waals surface area contributed by atoms with Gasteiger partial charge in [0, 0.05) is 5.69 Å². The van der Waals surface area contributed by atoms with Crippen molar-refractivity contribution >= 4 is 29.2 Å². The van der Waals surface area contributed by atoms with E-state index in [1.54, 1.807) is 24.3 Å². The zero-order valence-corrected chi connectivity index (χ0v) is 12.5. The number of carbonyl (C=O) groups excluding carboxylic acids is 1. The van der Waals surface area contributed by atoms with E-state index in [-0.39, 0.29) is 11.2 Å². The standard InChI is InChI=1S/C14H15N5OS/c1-9(21-2)14(20)18-11-3-5-12(6-4-11)19-13(16)10(7-15)8-17-19/h3-6,8-9H,16H2,1-2H3,(H,18,20). The van der Waals surface area contributed by atoms with E-state index in [1.165, 1.54) is 22.6 Å². The summed E-state index contributed by atoms with van der Waals surface area (Å²) in [5.41, 5.74) is 7.59. The van der Waals surface area contributed by atoms with Gasteiger partial charge in [0.25, 0.3) is 0 Å². The minimum atomic E-state index is -0.107. The maximum absolute atomic E-state index is 11.8. The lowest BCUT2D eigenvalue weighted by Crippen LogP contribution is -2.22. The van der Waals surface area contributed by atoms with Crippen LogP contribution in [0, 0.1) is 11.3 Å². The largest absolute Gasteiger partial charge is 0.382 e. The summed E-state index contributed by atoms with van der Waals surface area (Å²) < 4.78 is 1.48. The number of hydrogen-bond acceptors (Lipinski definition) is 5. The predicted octanol–water partition coefficient (Wildman–Crippen LogP) is 2.02. The first-order valence-electron chi connectivity index (χ1n) is 6.24. The summed E-state index contributed by atoms with van der Waals surface area (Å²) in [6.07, 6.45) is 3.31. The van der Waals surface area contributed by atoms with Gasteiger partial charge in [-0.15, -0.1) is 0 Å². The molecule has 0 spiro atoms. The molecular formula is C14H15N5OS. The van der Waals surface area contributed by atoms with E-state index in [1.807, 2.05) is 19.2 Å². The van der Waals surface area contributed by atoms with Crippen LogP contribution in [0.3, 0.4) is 0 Å². The average Bonchev–Trinajstić information content (AvgIpc) is 2.88. The normalized spacial score (nSPS) is 11.7. The maximum atomic E-state index is 11.8. The Morgan fingerprint density at radius 3 is 2.67 bits per heavy atom. The third-order valence-corrected chi connectivity index (χ3v) is 3.95. The van der Waals surface area contributed by atoms with E-state index in [2.05, 4.69) is 10.4 Å². The zero-order valence-electron chi connectivity index (χ0n) is 11.7. The van der Waals surface area contributed by atoms with Crippen molar-refractivity contribution in [3.8, 4) is 11.8 Å². The monoisotopic (exact) mass is 301 g/mol. The minimum Gasteiger partial charge on any atom is -0.382 e. The molecule has 3 N–H and O–H groups in total. The minimum absolute atomic E-state index is 0.0411. The van der Waals surface area contributed by atoms with E-state index in [0.29, 0.717) is 17.1 Å². The van der Waals surface area contributed by atoms with E-state index < -0.39 is 0 Å². The Labute approximate surface area is 126 Å². The summed E-state index contributed by atoms with van der Waals surface area (Å²) in [5.74, 6) is 0.255. The molecule has 108 valence electrons. The van der Waals surface area contributed by atoms with Crippen LogP contribution in [0.15, 0.2) is 30.5 Å². The number of anilines is 2. The van der Waals surface area contributed by atoms with Gasteiger partial charge in [0.05, 0.1) is 17.1 Å². The van der Waals surface area contributed by atoms with E-state index >= 15 is 0 Å². The van der Waals surface area contributed by atoms with Gasteiger partial charge in [-0.05, 0) is 37.4 Å². The molecule has 1 aromatic carbocycles. The highest BCUT2D eigenvalue weighted by atomic mass is 32.2. The number of hydrogen-bond donors (Lipinski definition) is 2. The van der Waals surface area contributed by atoms with Crippen molar-refractivity contribution in [3.63, 3.8) is 0 Å². The van der Waals surface area contributed by atoms with E-state index in [9.17, 15) is 4.79 Å². The first-order valence-corrected chi connectivity index (χ1v) is 7.53. The van der Waals surface area contributed by atoms with Crippen LogP contribution in [0.25, 0.3) is 5.69 Å². The molecular weight excluding hydrogens is 286 g/mol. The maximum Gasteiger partial charge on any atom is 0.237 e. The highest BCUT2D eigenvalue weighted by Gasteiger charge is 2.12. The molecule has 1 amide bonds. The fraction of sp³-hybridized carbons (Fsp3) is 0.214. The van der Waals surface area contributed by atoms with Crippen LogP contribution in [0.1, 0.15) is 12.5 Å². The summed E-state index contributed by atoms with van der Waals surface area (Å²) in [6, 6.07) is 9.08. The molecule has 0 saturated carbocycles. The van der Waals surface area contributed by atoms with Gasteiger partial charge >= 0.3 is 0 Å². The Hall–Kier alpha value is -2.46. The van der Waals surface area contributed by atoms with Crippen LogP contribution in [-0.4, -0.2) is 27.2 Å². The third kappa shape index (κ3) is 3.17. The number of aromatic nitrogens is 2. The topological polar surface area (TPSA) is 96.7 Å². The summed E-state index contributed by atoms with van der Waals surface area (Å²) in [7, 11) is 0. The molecule has 7 heteroatoms. The molecule has 0 aliphatic carbocycles. The van der Waals surface area contributed by atoms with Crippen molar-refractivity contribution in [2.24, 2.45) is 0 Å².